The van der Waals surface area contributed by atoms with Gasteiger partial charge < -0.3 is 10.1 Å². The van der Waals surface area contributed by atoms with Gasteiger partial charge in [0.25, 0.3) is 0 Å². The number of hydrogen-bond acceptors (Lipinski definition) is 6. The second-order valence-corrected chi connectivity index (χ2v) is 8.24. The predicted molar refractivity (Wildman–Crippen MR) is 120 cm³/mol. The fourth-order valence-electron chi connectivity index (χ4n) is 3.13. The summed E-state index contributed by atoms with van der Waals surface area (Å²) < 4.78 is 5.25. The van der Waals surface area contributed by atoms with Crippen molar-refractivity contribution in [2.24, 2.45) is 0 Å². The highest BCUT2D eigenvalue weighted by molar-refractivity contribution is 6.10. The van der Waals surface area contributed by atoms with E-state index in [1.165, 1.54) is 0 Å². The van der Waals surface area contributed by atoms with Crippen molar-refractivity contribution >= 4 is 41.9 Å². The molecule has 0 saturated carbocycles. The van der Waals surface area contributed by atoms with Gasteiger partial charge in [0.1, 0.15) is 17.5 Å². The van der Waals surface area contributed by atoms with Crippen LogP contribution in [-0.4, -0.2) is 41.3 Å². The Morgan fingerprint density at radius 3 is 2.57 bits per heavy atom. The molecule has 3 heterocycles. The molecule has 2 aromatic heterocycles. The summed E-state index contributed by atoms with van der Waals surface area (Å²) in [7, 11) is 3.74. The molecule has 155 valence electrons. The highest BCUT2D eigenvalue weighted by atomic mass is 16.6. The molecule has 8 heteroatoms. The first-order chi connectivity index (χ1) is 14.2. The van der Waals surface area contributed by atoms with Crippen LogP contribution >= 0.6 is 0 Å². The topological polar surface area (TPSA) is 93.2 Å². The third-order valence-electron chi connectivity index (χ3n) is 4.53. The molecule has 2 aromatic rings. The summed E-state index contributed by atoms with van der Waals surface area (Å²) in [6, 6.07) is 3.36. The van der Waals surface area contributed by atoms with Crippen LogP contribution in [0, 0.1) is 0 Å². The number of fused-ring (bicyclic) bond motifs is 1. The monoisotopic (exact) mass is 405 g/mol. The fourth-order valence-corrected chi connectivity index (χ4v) is 3.13. The molecular weight excluding hydrogens is 379 g/mol. The molecule has 2 N–H and O–H groups in total. The number of nitrogens with one attached hydrogen (secondary N) is 2. The third kappa shape index (κ3) is 5.26. The summed E-state index contributed by atoms with van der Waals surface area (Å²) >= 11 is 0. The number of anilines is 1. The predicted octanol–water partition coefficient (Wildman–Crippen LogP) is 3.51. The molecule has 0 bridgehead atoms. The maximum absolute atomic E-state index is 12.1. The average molecular weight is 405 g/mol. The van der Waals surface area contributed by atoms with Gasteiger partial charge in [0.15, 0.2) is 5.78 Å². The van der Waals surface area contributed by atoms with Gasteiger partial charge in [0.05, 0.1) is 13.5 Å². The van der Waals surface area contributed by atoms with Crippen molar-refractivity contribution in [1.29, 1.82) is 0 Å². The largest absolute Gasteiger partial charge is 0.444 e. The van der Waals surface area contributed by atoms with Crippen LogP contribution in [-0.2, 0) is 9.53 Å². The summed E-state index contributed by atoms with van der Waals surface area (Å²) in [5, 5.41) is 7.51. The van der Waals surface area contributed by atoms with E-state index in [2.05, 4.69) is 28.4 Å². The third-order valence-corrected chi connectivity index (χ3v) is 4.53. The number of ketones is 1. The molecule has 1 aliphatic heterocycles. The maximum atomic E-state index is 12.1. The summed E-state index contributed by atoms with van der Waals surface area (Å²) in [6.45, 7) is 7.37. The summed E-state index contributed by atoms with van der Waals surface area (Å²) in [6.07, 6.45) is 7.66. The van der Waals surface area contributed by atoms with Crippen LogP contribution in [0.1, 0.15) is 39.8 Å². The van der Waals surface area contributed by atoms with Crippen LogP contribution in [0.2, 0.25) is 6.32 Å². The Hall–Kier alpha value is -3.16. The lowest BCUT2D eigenvalue weighted by Crippen LogP contribution is -2.34. The van der Waals surface area contributed by atoms with E-state index in [0.717, 1.165) is 27.6 Å². The number of ether oxygens (including phenoxy) is 1. The zero-order valence-electron chi connectivity index (χ0n) is 17.8. The number of Topliss-reactive ketones (excluding diaryl/α,β-unsaturated/α-hetero) is 1. The van der Waals surface area contributed by atoms with Crippen LogP contribution in [0.4, 0.5) is 10.6 Å². The molecule has 0 saturated heterocycles. The molecule has 1 unspecified atom stereocenters. The standard InChI is InChI=1S/C22H26BN4O3/c1-13-7-18(19(28)5-6-23)25-12-16(13)17-8-14-11-26-20(9-15(14)10-24-17)27-21(29)30-22(2,3)4/h7-12,18,23,25H,5-6H2,1-4H3,(H,26,27,29). The first-order valence-corrected chi connectivity index (χ1v) is 9.89. The minimum atomic E-state index is -0.582. The summed E-state index contributed by atoms with van der Waals surface area (Å²) in [4.78, 5) is 32.9. The van der Waals surface area contributed by atoms with Gasteiger partial charge in [0.2, 0.25) is 0 Å². The minimum Gasteiger partial charge on any atom is -0.444 e. The first-order valence-electron chi connectivity index (χ1n) is 9.89. The molecule has 7 nitrogen and oxygen atoms in total. The second-order valence-electron chi connectivity index (χ2n) is 8.24. The number of dihydropyridines is 1. The van der Waals surface area contributed by atoms with Crippen LogP contribution in [0.15, 0.2) is 42.4 Å². The smallest absolute Gasteiger partial charge is 0.413 e. The Morgan fingerprint density at radius 1 is 1.20 bits per heavy atom. The lowest BCUT2D eigenvalue weighted by Gasteiger charge is -2.21. The highest BCUT2D eigenvalue weighted by Gasteiger charge is 2.20. The fraction of sp³-hybridized carbons (Fsp3) is 0.364. The van der Waals surface area contributed by atoms with Crippen molar-refractivity contribution < 1.29 is 14.3 Å². The number of rotatable bonds is 5. The SMILES string of the molecule is [BH]CCC(=O)C1C=C(C)C(c2cc3cnc(NC(=O)OC(C)(C)C)cc3cn2)=CN1. The lowest BCUT2D eigenvalue weighted by molar-refractivity contribution is -0.119. The quantitative estimate of drug-likeness (QED) is 0.740. The zero-order valence-corrected chi connectivity index (χ0v) is 17.8. The van der Waals surface area contributed by atoms with E-state index in [0.29, 0.717) is 18.6 Å². The Morgan fingerprint density at radius 2 is 1.90 bits per heavy atom. The van der Waals surface area contributed by atoms with E-state index in [1.54, 1.807) is 39.2 Å². The molecule has 0 aliphatic carbocycles. The first kappa shape index (κ1) is 21.6. The molecule has 1 amide bonds. The zero-order chi connectivity index (χ0) is 21.9. The van der Waals surface area contributed by atoms with Crippen LogP contribution in [0.25, 0.3) is 16.3 Å². The number of allylic oxidation sites excluding steroid dienone is 2. The van der Waals surface area contributed by atoms with Crippen molar-refractivity contribution in [2.75, 3.05) is 5.32 Å². The van der Waals surface area contributed by atoms with Gasteiger partial charge in [-0.25, -0.2) is 9.78 Å². The van der Waals surface area contributed by atoms with E-state index in [9.17, 15) is 9.59 Å². The Labute approximate surface area is 177 Å². The van der Waals surface area contributed by atoms with Crippen molar-refractivity contribution in [3.63, 3.8) is 0 Å². The minimum absolute atomic E-state index is 0.125. The number of amides is 1. The number of pyridine rings is 2. The van der Waals surface area contributed by atoms with Crippen molar-refractivity contribution in [1.82, 2.24) is 15.3 Å². The van der Waals surface area contributed by atoms with Crippen molar-refractivity contribution in [3.8, 4) is 0 Å². The molecule has 1 atom stereocenters. The van der Waals surface area contributed by atoms with Crippen molar-refractivity contribution in [3.05, 3.63) is 48.1 Å². The molecule has 0 spiro atoms. The lowest BCUT2D eigenvalue weighted by atomic mass is 9.92. The van der Waals surface area contributed by atoms with Crippen LogP contribution < -0.4 is 10.6 Å². The van der Waals surface area contributed by atoms with E-state index in [-0.39, 0.29) is 11.8 Å². The van der Waals surface area contributed by atoms with Gasteiger partial charge in [-0.3, -0.25) is 15.1 Å². The van der Waals surface area contributed by atoms with Gasteiger partial charge in [-0.15, -0.1) is 0 Å². The number of aromatic nitrogens is 2. The van der Waals surface area contributed by atoms with Crippen molar-refractivity contribution in [2.45, 2.75) is 52.1 Å². The molecule has 30 heavy (non-hydrogen) atoms. The summed E-state index contributed by atoms with van der Waals surface area (Å²) in [5.74, 6) is 0.521. The van der Waals surface area contributed by atoms with Crippen LogP contribution in [0.5, 0.6) is 0 Å². The van der Waals surface area contributed by atoms with E-state index in [4.69, 9.17) is 4.74 Å². The highest BCUT2D eigenvalue weighted by Crippen LogP contribution is 2.27. The Bertz CT molecular complexity index is 1040. The number of carbonyl (C=O) groups excluding carboxylic acids is 2. The second kappa shape index (κ2) is 8.69. The number of hydrogen-bond donors (Lipinski definition) is 2. The average Bonchev–Trinajstić information content (AvgIpc) is 2.66. The van der Waals surface area contributed by atoms with E-state index >= 15 is 0 Å². The molecule has 0 fully saturated rings. The number of nitrogens with zero attached hydrogens (tertiary/aromatic N) is 2. The molecule has 3 rings (SSSR count). The van der Waals surface area contributed by atoms with Gasteiger partial charge in [0, 0.05) is 41.4 Å². The molecule has 0 aromatic carbocycles. The molecular formula is C22H26BN4O3. The van der Waals surface area contributed by atoms with Gasteiger partial charge in [-0.05, 0) is 45.4 Å². The Kier molecular flexibility index (Phi) is 6.24. The van der Waals surface area contributed by atoms with Gasteiger partial charge in [-0.2, -0.15) is 0 Å². The molecule has 1 aliphatic rings. The van der Waals surface area contributed by atoms with E-state index in [1.807, 2.05) is 25.3 Å². The number of carbonyl (C=O) groups is 2. The van der Waals surface area contributed by atoms with Gasteiger partial charge in [-0.1, -0.05) is 12.4 Å². The van der Waals surface area contributed by atoms with Crippen LogP contribution in [0.3, 0.4) is 0 Å². The Balaban J connectivity index is 1.77. The van der Waals surface area contributed by atoms with E-state index < -0.39 is 11.7 Å². The summed E-state index contributed by atoms with van der Waals surface area (Å²) in [5.41, 5.74) is 2.11. The maximum Gasteiger partial charge on any atom is 0.413 e. The van der Waals surface area contributed by atoms with Gasteiger partial charge >= 0.3 is 6.09 Å². The molecule has 1 radical (unpaired) electrons. The normalized spacial score (nSPS) is 16.3.